The van der Waals surface area contributed by atoms with Crippen LogP contribution in [0.4, 0.5) is 0 Å². The molecule has 2 rings (SSSR count). The first kappa shape index (κ1) is 15.5. The van der Waals surface area contributed by atoms with E-state index in [9.17, 15) is 8.42 Å². The number of aliphatic hydroxyl groups is 1. The number of aliphatic hydroxyl groups excluding tert-OH is 1. The molecule has 0 atom stereocenters. The van der Waals surface area contributed by atoms with Gasteiger partial charge in [0.15, 0.2) is 0 Å². The minimum absolute atomic E-state index is 0.102. The molecular formula is C13H14ClNO3S2. The van der Waals surface area contributed by atoms with Crippen molar-refractivity contribution in [3.05, 3.63) is 51.2 Å². The number of thiophene rings is 1. The SMILES string of the molecule is O=S(=O)(NCCc1ccsc1)c1ccc(CO)c(Cl)c1. The zero-order valence-electron chi connectivity index (χ0n) is 10.5. The lowest BCUT2D eigenvalue weighted by Crippen LogP contribution is -2.26. The fourth-order valence-corrected chi connectivity index (χ4v) is 3.74. The lowest BCUT2D eigenvalue weighted by molar-refractivity contribution is 0.282. The van der Waals surface area contributed by atoms with E-state index >= 15 is 0 Å². The van der Waals surface area contributed by atoms with Crippen LogP contribution in [-0.2, 0) is 23.1 Å². The molecule has 1 heterocycles. The first-order chi connectivity index (χ1) is 9.53. The number of sulfonamides is 1. The molecule has 20 heavy (non-hydrogen) atoms. The molecule has 0 saturated heterocycles. The molecule has 0 fully saturated rings. The zero-order chi connectivity index (χ0) is 14.6. The summed E-state index contributed by atoms with van der Waals surface area (Å²) >= 11 is 7.48. The highest BCUT2D eigenvalue weighted by molar-refractivity contribution is 7.89. The summed E-state index contributed by atoms with van der Waals surface area (Å²) in [5, 5.41) is 13.2. The van der Waals surface area contributed by atoms with E-state index in [1.165, 1.54) is 18.2 Å². The van der Waals surface area contributed by atoms with Gasteiger partial charge in [0.05, 0.1) is 11.5 Å². The third-order valence-corrected chi connectivity index (χ3v) is 5.33. The molecule has 0 amide bonds. The molecule has 0 unspecified atom stereocenters. The summed E-state index contributed by atoms with van der Waals surface area (Å²) in [6.07, 6.45) is 0.644. The van der Waals surface area contributed by atoms with Crippen LogP contribution in [0.5, 0.6) is 0 Å². The van der Waals surface area contributed by atoms with Crippen molar-refractivity contribution in [3.8, 4) is 0 Å². The van der Waals surface area contributed by atoms with Crippen molar-refractivity contribution in [2.75, 3.05) is 6.54 Å². The van der Waals surface area contributed by atoms with Gasteiger partial charge in [-0.2, -0.15) is 11.3 Å². The predicted molar refractivity (Wildman–Crippen MR) is 80.6 cm³/mol. The van der Waals surface area contributed by atoms with Crippen LogP contribution in [-0.4, -0.2) is 20.1 Å². The van der Waals surface area contributed by atoms with Gasteiger partial charge in [0.25, 0.3) is 0 Å². The first-order valence-electron chi connectivity index (χ1n) is 5.93. The Morgan fingerprint density at radius 2 is 2.10 bits per heavy atom. The monoisotopic (exact) mass is 331 g/mol. The van der Waals surface area contributed by atoms with Gasteiger partial charge in [-0.15, -0.1) is 0 Å². The highest BCUT2D eigenvalue weighted by Gasteiger charge is 2.15. The van der Waals surface area contributed by atoms with Gasteiger partial charge in [0.1, 0.15) is 0 Å². The largest absolute Gasteiger partial charge is 0.392 e. The van der Waals surface area contributed by atoms with Crippen molar-refractivity contribution < 1.29 is 13.5 Å². The number of hydrogen-bond acceptors (Lipinski definition) is 4. The van der Waals surface area contributed by atoms with Crippen molar-refractivity contribution in [1.29, 1.82) is 0 Å². The molecule has 0 bridgehead atoms. The van der Waals surface area contributed by atoms with Gasteiger partial charge < -0.3 is 5.11 Å². The minimum atomic E-state index is -3.57. The highest BCUT2D eigenvalue weighted by atomic mass is 35.5. The van der Waals surface area contributed by atoms with Crippen LogP contribution < -0.4 is 4.72 Å². The van der Waals surface area contributed by atoms with Gasteiger partial charge in [0, 0.05) is 11.6 Å². The Bertz CT molecular complexity index is 669. The Kier molecular flexibility index (Phi) is 5.17. The summed E-state index contributed by atoms with van der Waals surface area (Å²) in [5.41, 5.74) is 1.61. The maximum atomic E-state index is 12.1. The molecular weight excluding hydrogens is 318 g/mol. The number of nitrogens with one attached hydrogen (secondary N) is 1. The average molecular weight is 332 g/mol. The Balaban J connectivity index is 2.04. The second-order valence-corrected chi connectivity index (χ2v) is 7.14. The normalized spacial score (nSPS) is 11.7. The van der Waals surface area contributed by atoms with Crippen molar-refractivity contribution in [3.63, 3.8) is 0 Å². The molecule has 2 aromatic rings. The van der Waals surface area contributed by atoms with Gasteiger partial charge in [-0.1, -0.05) is 17.7 Å². The molecule has 0 saturated carbocycles. The van der Waals surface area contributed by atoms with Crippen LogP contribution in [0.3, 0.4) is 0 Å². The smallest absolute Gasteiger partial charge is 0.240 e. The van der Waals surface area contributed by atoms with E-state index in [0.29, 0.717) is 18.5 Å². The summed E-state index contributed by atoms with van der Waals surface area (Å²) in [4.78, 5) is 0.102. The zero-order valence-corrected chi connectivity index (χ0v) is 12.9. The molecule has 0 radical (unpaired) electrons. The van der Waals surface area contributed by atoms with E-state index in [0.717, 1.165) is 5.56 Å². The van der Waals surface area contributed by atoms with Gasteiger partial charge in [-0.3, -0.25) is 0 Å². The van der Waals surface area contributed by atoms with E-state index in [1.54, 1.807) is 11.3 Å². The van der Waals surface area contributed by atoms with Crippen LogP contribution >= 0.6 is 22.9 Å². The van der Waals surface area contributed by atoms with Crippen molar-refractivity contribution >= 4 is 33.0 Å². The number of benzene rings is 1. The van der Waals surface area contributed by atoms with Gasteiger partial charge in [0.2, 0.25) is 10.0 Å². The number of halogens is 1. The van der Waals surface area contributed by atoms with Gasteiger partial charge >= 0.3 is 0 Å². The number of rotatable bonds is 6. The quantitative estimate of drug-likeness (QED) is 0.854. The standard InChI is InChI=1S/C13H14ClNO3S2/c14-13-7-12(2-1-11(13)8-16)20(17,18)15-5-3-10-4-6-19-9-10/h1-2,4,6-7,9,15-16H,3,5,8H2. The number of hydrogen-bond donors (Lipinski definition) is 2. The van der Waals surface area contributed by atoms with Crippen LogP contribution in [0, 0.1) is 0 Å². The molecule has 0 aliphatic rings. The fourth-order valence-electron chi connectivity index (χ4n) is 1.67. The summed E-state index contributed by atoms with van der Waals surface area (Å²) < 4.78 is 26.7. The van der Waals surface area contributed by atoms with E-state index in [1.807, 2.05) is 16.8 Å². The summed E-state index contributed by atoms with van der Waals surface area (Å²) in [5.74, 6) is 0. The fraction of sp³-hybridized carbons (Fsp3) is 0.231. The Labute approximate surface area is 127 Å². The molecule has 0 aliphatic heterocycles. The van der Waals surface area contributed by atoms with E-state index in [2.05, 4.69) is 4.72 Å². The minimum Gasteiger partial charge on any atom is -0.392 e. The molecule has 0 aliphatic carbocycles. The lowest BCUT2D eigenvalue weighted by Gasteiger charge is -2.08. The summed E-state index contributed by atoms with van der Waals surface area (Å²) in [6, 6.07) is 6.26. The maximum absolute atomic E-state index is 12.1. The summed E-state index contributed by atoms with van der Waals surface area (Å²) in [6.45, 7) is 0.114. The lowest BCUT2D eigenvalue weighted by atomic mass is 10.2. The maximum Gasteiger partial charge on any atom is 0.240 e. The molecule has 1 aromatic carbocycles. The van der Waals surface area contributed by atoms with Gasteiger partial charge in [-0.05, 0) is 46.5 Å². The Morgan fingerprint density at radius 1 is 1.30 bits per heavy atom. The molecule has 2 N–H and O–H groups in total. The second-order valence-electron chi connectivity index (χ2n) is 4.19. The van der Waals surface area contributed by atoms with Crippen LogP contribution in [0.15, 0.2) is 39.9 Å². The van der Waals surface area contributed by atoms with Crippen molar-refractivity contribution in [1.82, 2.24) is 4.72 Å². The topological polar surface area (TPSA) is 66.4 Å². The second kappa shape index (κ2) is 6.69. The highest BCUT2D eigenvalue weighted by Crippen LogP contribution is 2.20. The molecule has 108 valence electrons. The van der Waals surface area contributed by atoms with Crippen LogP contribution in [0.25, 0.3) is 0 Å². The Morgan fingerprint density at radius 3 is 2.70 bits per heavy atom. The van der Waals surface area contributed by atoms with Crippen molar-refractivity contribution in [2.24, 2.45) is 0 Å². The summed E-state index contributed by atoms with van der Waals surface area (Å²) in [7, 11) is -3.57. The first-order valence-corrected chi connectivity index (χ1v) is 8.73. The third-order valence-electron chi connectivity index (χ3n) is 2.79. The Hall–Kier alpha value is -0.920. The van der Waals surface area contributed by atoms with Crippen LogP contribution in [0.1, 0.15) is 11.1 Å². The molecule has 4 nitrogen and oxygen atoms in total. The van der Waals surface area contributed by atoms with E-state index < -0.39 is 10.0 Å². The van der Waals surface area contributed by atoms with Crippen LogP contribution in [0.2, 0.25) is 5.02 Å². The predicted octanol–water partition coefficient (Wildman–Crippen LogP) is 2.41. The van der Waals surface area contributed by atoms with E-state index in [4.69, 9.17) is 16.7 Å². The third kappa shape index (κ3) is 3.80. The molecule has 1 aromatic heterocycles. The molecule has 0 spiro atoms. The van der Waals surface area contributed by atoms with Gasteiger partial charge in [-0.25, -0.2) is 13.1 Å². The molecule has 7 heteroatoms. The van der Waals surface area contributed by atoms with E-state index in [-0.39, 0.29) is 16.5 Å². The van der Waals surface area contributed by atoms with Crippen molar-refractivity contribution in [2.45, 2.75) is 17.9 Å². The average Bonchev–Trinajstić information content (AvgIpc) is 2.91.